The van der Waals surface area contributed by atoms with Gasteiger partial charge >= 0.3 is 0 Å². The van der Waals surface area contributed by atoms with Gasteiger partial charge in [-0.15, -0.1) is 0 Å². The number of rotatable bonds is 2. The molecule has 4 rings (SSSR count). The number of fused-ring (bicyclic) bond motifs is 2. The molecule has 1 amide bonds. The lowest BCUT2D eigenvalue weighted by molar-refractivity contribution is 0.0995. The van der Waals surface area contributed by atoms with E-state index in [0.29, 0.717) is 16.1 Å². The Morgan fingerprint density at radius 2 is 1.78 bits per heavy atom. The predicted molar refractivity (Wildman–Crippen MR) is 111 cm³/mol. The molecule has 27 heavy (non-hydrogen) atoms. The Morgan fingerprint density at radius 1 is 1.07 bits per heavy atom. The molecule has 0 spiro atoms. The molecule has 0 saturated heterocycles. The highest BCUT2D eigenvalue weighted by Crippen LogP contribution is 2.27. The smallest absolute Gasteiger partial charge is 0.283 e. The van der Waals surface area contributed by atoms with Crippen molar-refractivity contribution in [3.05, 3.63) is 70.0 Å². The highest BCUT2D eigenvalue weighted by molar-refractivity contribution is 7.16. The number of hydrogen-bond acceptors (Lipinski definition) is 3. The fourth-order valence-corrected chi connectivity index (χ4v) is 4.44. The van der Waals surface area contributed by atoms with Crippen LogP contribution in [-0.2, 0) is 7.05 Å². The van der Waals surface area contributed by atoms with Crippen molar-refractivity contribution >= 4 is 38.2 Å². The van der Waals surface area contributed by atoms with E-state index in [4.69, 9.17) is 4.74 Å². The number of hydrogen-bond donors (Lipinski definition) is 0. The summed E-state index contributed by atoms with van der Waals surface area (Å²) in [6.07, 6.45) is 0. The van der Waals surface area contributed by atoms with Gasteiger partial charge in [0, 0.05) is 7.05 Å². The minimum atomic E-state index is -0.297. The van der Waals surface area contributed by atoms with Crippen LogP contribution < -0.4 is 9.54 Å². The van der Waals surface area contributed by atoms with Crippen LogP contribution in [0.3, 0.4) is 0 Å². The quantitative estimate of drug-likeness (QED) is 0.506. The molecular formula is C22H20N2O2S. The lowest BCUT2D eigenvalue weighted by Gasteiger charge is -2.07. The molecule has 136 valence electrons. The van der Waals surface area contributed by atoms with Gasteiger partial charge in [-0.05, 0) is 53.9 Å². The van der Waals surface area contributed by atoms with Crippen LogP contribution in [0.1, 0.15) is 21.5 Å². The Bertz CT molecular complexity index is 1260. The molecule has 0 bridgehead atoms. The summed E-state index contributed by atoms with van der Waals surface area (Å²) in [4.78, 5) is 18.1. The highest BCUT2D eigenvalue weighted by Gasteiger charge is 2.14. The fourth-order valence-electron chi connectivity index (χ4n) is 3.38. The molecule has 0 aliphatic carbocycles. The van der Waals surface area contributed by atoms with Gasteiger partial charge in [-0.1, -0.05) is 41.7 Å². The zero-order valence-corrected chi connectivity index (χ0v) is 16.6. The Hall–Kier alpha value is -2.92. The number of aryl methyl sites for hydroxylation is 3. The molecule has 0 fully saturated rings. The SMILES string of the molecule is COc1cc2ccccc2cc1C(=O)N=c1sc2c(C)cc(C)cc2n1C. The summed E-state index contributed by atoms with van der Waals surface area (Å²) in [5.41, 5.74) is 3.96. The lowest BCUT2D eigenvalue weighted by Crippen LogP contribution is -2.13. The standard InChI is InChI=1S/C22H20N2O2S/c1-13-9-14(2)20-18(10-13)24(3)22(27-20)23-21(25)17-11-15-7-5-6-8-16(15)12-19(17)26-4/h5-12H,1-4H3. The zero-order chi connectivity index (χ0) is 19.1. The van der Waals surface area contributed by atoms with Crippen LogP contribution in [-0.4, -0.2) is 17.6 Å². The molecule has 0 unspecified atom stereocenters. The lowest BCUT2D eigenvalue weighted by atomic mass is 10.1. The van der Waals surface area contributed by atoms with Gasteiger partial charge in [-0.3, -0.25) is 4.79 Å². The summed E-state index contributed by atoms with van der Waals surface area (Å²) >= 11 is 1.53. The second kappa shape index (κ2) is 6.67. The first-order valence-electron chi connectivity index (χ1n) is 8.70. The second-order valence-corrected chi connectivity index (χ2v) is 7.67. The van der Waals surface area contributed by atoms with Crippen LogP contribution in [0.5, 0.6) is 5.75 Å². The van der Waals surface area contributed by atoms with Gasteiger partial charge in [0.2, 0.25) is 0 Å². The molecule has 0 atom stereocenters. The minimum absolute atomic E-state index is 0.297. The zero-order valence-electron chi connectivity index (χ0n) is 15.7. The van der Waals surface area contributed by atoms with Crippen LogP contribution in [0, 0.1) is 13.8 Å². The fraction of sp³-hybridized carbons (Fsp3) is 0.182. The van der Waals surface area contributed by atoms with E-state index in [0.717, 1.165) is 21.0 Å². The molecular weight excluding hydrogens is 356 g/mol. The average molecular weight is 376 g/mol. The molecule has 4 aromatic rings. The first-order valence-corrected chi connectivity index (χ1v) is 9.52. The van der Waals surface area contributed by atoms with E-state index in [1.54, 1.807) is 7.11 Å². The first-order chi connectivity index (χ1) is 13.0. The van der Waals surface area contributed by atoms with Crippen molar-refractivity contribution in [1.82, 2.24) is 4.57 Å². The second-order valence-electron chi connectivity index (χ2n) is 6.69. The van der Waals surface area contributed by atoms with E-state index in [1.807, 2.05) is 48.0 Å². The summed E-state index contributed by atoms with van der Waals surface area (Å²) < 4.78 is 8.58. The molecule has 0 N–H and O–H groups in total. The third-order valence-electron chi connectivity index (χ3n) is 4.74. The summed E-state index contributed by atoms with van der Waals surface area (Å²) in [5.74, 6) is 0.243. The topological polar surface area (TPSA) is 43.6 Å². The number of methoxy groups -OCH3 is 1. The monoisotopic (exact) mass is 376 g/mol. The van der Waals surface area contributed by atoms with Crippen molar-refractivity contribution in [2.45, 2.75) is 13.8 Å². The molecule has 0 radical (unpaired) electrons. The Labute approximate surface area is 161 Å². The van der Waals surface area contributed by atoms with Crippen molar-refractivity contribution < 1.29 is 9.53 Å². The van der Waals surface area contributed by atoms with E-state index in [-0.39, 0.29) is 5.91 Å². The van der Waals surface area contributed by atoms with Crippen molar-refractivity contribution in [2.24, 2.45) is 12.0 Å². The number of thiazole rings is 1. The maximum Gasteiger partial charge on any atom is 0.283 e. The number of nitrogens with zero attached hydrogens (tertiary/aromatic N) is 2. The third kappa shape index (κ3) is 3.04. The van der Waals surface area contributed by atoms with Crippen LogP contribution in [0.25, 0.3) is 21.0 Å². The van der Waals surface area contributed by atoms with Gasteiger partial charge < -0.3 is 9.30 Å². The number of carbonyl (C=O) groups is 1. The molecule has 0 aliphatic heterocycles. The van der Waals surface area contributed by atoms with Crippen molar-refractivity contribution in [3.63, 3.8) is 0 Å². The average Bonchev–Trinajstić information content (AvgIpc) is 2.97. The van der Waals surface area contributed by atoms with Gasteiger partial charge in [0.15, 0.2) is 4.80 Å². The maximum atomic E-state index is 13.0. The summed E-state index contributed by atoms with van der Waals surface area (Å²) in [6.45, 7) is 4.16. The van der Waals surface area contributed by atoms with E-state index in [2.05, 4.69) is 31.0 Å². The van der Waals surface area contributed by atoms with Crippen LogP contribution >= 0.6 is 11.3 Å². The largest absolute Gasteiger partial charge is 0.496 e. The number of carbonyl (C=O) groups excluding carboxylic acids is 1. The summed E-state index contributed by atoms with van der Waals surface area (Å²) in [7, 11) is 3.52. The van der Waals surface area contributed by atoms with E-state index in [1.165, 1.54) is 22.5 Å². The van der Waals surface area contributed by atoms with Gasteiger partial charge in [0.05, 0.1) is 22.9 Å². The number of amides is 1. The van der Waals surface area contributed by atoms with Crippen molar-refractivity contribution in [1.29, 1.82) is 0 Å². The van der Waals surface area contributed by atoms with Crippen LogP contribution in [0.4, 0.5) is 0 Å². The summed E-state index contributed by atoms with van der Waals surface area (Å²) in [6, 6.07) is 15.9. The number of benzene rings is 3. The van der Waals surface area contributed by atoms with Crippen LogP contribution in [0.15, 0.2) is 53.5 Å². The number of ether oxygens (including phenoxy) is 1. The first kappa shape index (κ1) is 17.5. The van der Waals surface area contributed by atoms with E-state index < -0.39 is 0 Å². The molecule has 1 aromatic heterocycles. The van der Waals surface area contributed by atoms with Gasteiger partial charge in [0.25, 0.3) is 5.91 Å². The van der Waals surface area contributed by atoms with Gasteiger partial charge in [-0.2, -0.15) is 4.99 Å². The third-order valence-corrected chi connectivity index (χ3v) is 6.02. The van der Waals surface area contributed by atoms with Gasteiger partial charge in [0.1, 0.15) is 5.75 Å². The van der Waals surface area contributed by atoms with Crippen LogP contribution in [0.2, 0.25) is 0 Å². The normalized spacial score (nSPS) is 12.1. The molecule has 4 nitrogen and oxygen atoms in total. The molecule has 5 heteroatoms. The minimum Gasteiger partial charge on any atom is -0.496 e. The Morgan fingerprint density at radius 3 is 2.48 bits per heavy atom. The predicted octanol–water partition coefficient (Wildman–Crippen LogP) is 4.76. The van der Waals surface area contributed by atoms with Crippen molar-refractivity contribution in [2.75, 3.05) is 7.11 Å². The molecule has 0 saturated carbocycles. The number of aromatic nitrogens is 1. The molecule has 1 heterocycles. The van der Waals surface area contributed by atoms with Gasteiger partial charge in [-0.25, -0.2) is 0 Å². The highest BCUT2D eigenvalue weighted by atomic mass is 32.1. The van der Waals surface area contributed by atoms with E-state index >= 15 is 0 Å². The Kier molecular flexibility index (Phi) is 4.32. The maximum absolute atomic E-state index is 13.0. The summed E-state index contributed by atoms with van der Waals surface area (Å²) in [5, 5.41) is 2.02. The van der Waals surface area contributed by atoms with E-state index in [9.17, 15) is 4.79 Å². The molecule has 3 aromatic carbocycles. The molecule has 0 aliphatic rings. The van der Waals surface area contributed by atoms with Crippen molar-refractivity contribution in [3.8, 4) is 5.75 Å². The Balaban J connectivity index is 1.89.